The van der Waals surface area contributed by atoms with Gasteiger partial charge in [0.15, 0.2) is 0 Å². The molecule has 0 unspecified atom stereocenters. The molecule has 0 aromatic heterocycles. The van der Waals surface area contributed by atoms with Crippen LogP contribution in [0.25, 0.3) is 0 Å². The summed E-state index contributed by atoms with van der Waals surface area (Å²) < 4.78 is 6.69. The van der Waals surface area contributed by atoms with Crippen molar-refractivity contribution in [2.75, 3.05) is 5.32 Å². The van der Waals surface area contributed by atoms with Crippen LogP contribution >= 0.6 is 23.2 Å². The summed E-state index contributed by atoms with van der Waals surface area (Å²) in [6.07, 6.45) is 13.1. The van der Waals surface area contributed by atoms with Gasteiger partial charge in [0.25, 0.3) is 0 Å². The Bertz CT molecular complexity index is 1220. The number of amides is 3. The molecular formula is C30H37Cl2N3O4. The highest BCUT2D eigenvalue weighted by Gasteiger charge is 2.76. The molecule has 2 saturated carbocycles. The summed E-state index contributed by atoms with van der Waals surface area (Å²) in [7, 11) is 0. The van der Waals surface area contributed by atoms with E-state index in [0.29, 0.717) is 15.7 Å². The van der Waals surface area contributed by atoms with Crippen molar-refractivity contribution in [2.24, 2.45) is 17.8 Å². The SMILES string of the molecule is C[C@@H]1CCCC[C@@H]1N1C(=O)[C@@H]2[C@H](C(=O)Nc3ccc(Cl)c(Cl)c3)[C@]3(C)C=C[C@@]2(O3)[C@H]1C(=O)NC1CCCCC1. The summed E-state index contributed by atoms with van der Waals surface area (Å²) >= 11 is 12.3. The molecule has 2 N–H and O–H groups in total. The van der Waals surface area contributed by atoms with Crippen molar-refractivity contribution in [1.82, 2.24) is 10.2 Å². The molecule has 1 aromatic carbocycles. The summed E-state index contributed by atoms with van der Waals surface area (Å²) in [5.74, 6) is -1.95. The lowest BCUT2D eigenvalue weighted by atomic mass is 9.70. The molecule has 3 amide bonds. The first-order valence-corrected chi connectivity index (χ1v) is 15.2. The van der Waals surface area contributed by atoms with E-state index in [9.17, 15) is 14.4 Å². The zero-order valence-corrected chi connectivity index (χ0v) is 24.1. The highest BCUT2D eigenvalue weighted by molar-refractivity contribution is 6.42. The molecule has 7 nitrogen and oxygen atoms in total. The van der Waals surface area contributed by atoms with Crippen molar-refractivity contribution in [3.8, 4) is 0 Å². The van der Waals surface area contributed by atoms with Gasteiger partial charge in [-0.3, -0.25) is 14.4 Å². The Balaban J connectivity index is 1.36. The molecule has 210 valence electrons. The monoisotopic (exact) mass is 573 g/mol. The highest BCUT2D eigenvalue weighted by Crippen LogP contribution is 2.60. The molecule has 7 atom stereocenters. The highest BCUT2D eigenvalue weighted by atomic mass is 35.5. The number of fused-ring (bicyclic) bond motifs is 1. The van der Waals surface area contributed by atoms with Crippen molar-refractivity contribution in [2.45, 2.75) is 101 Å². The number of anilines is 1. The van der Waals surface area contributed by atoms with Gasteiger partial charge in [-0.1, -0.05) is 74.4 Å². The van der Waals surface area contributed by atoms with Gasteiger partial charge in [-0.2, -0.15) is 0 Å². The fraction of sp³-hybridized carbons (Fsp3) is 0.633. The van der Waals surface area contributed by atoms with Gasteiger partial charge in [-0.25, -0.2) is 0 Å². The normalized spacial score (nSPS) is 37.7. The third kappa shape index (κ3) is 4.40. The van der Waals surface area contributed by atoms with Gasteiger partial charge >= 0.3 is 0 Å². The zero-order valence-electron chi connectivity index (χ0n) is 22.6. The van der Waals surface area contributed by atoms with E-state index in [1.54, 1.807) is 18.2 Å². The van der Waals surface area contributed by atoms with E-state index in [1.807, 2.05) is 24.0 Å². The molecule has 2 saturated heterocycles. The molecule has 2 aliphatic carbocycles. The van der Waals surface area contributed by atoms with E-state index in [-0.39, 0.29) is 35.7 Å². The first kappa shape index (κ1) is 27.1. The number of benzene rings is 1. The van der Waals surface area contributed by atoms with Crippen LogP contribution in [0.15, 0.2) is 30.4 Å². The Hall–Kier alpha value is -2.09. The van der Waals surface area contributed by atoms with E-state index in [4.69, 9.17) is 27.9 Å². The van der Waals surface area contributed by atoms with Crippen molar-refractivity contribution < 1.29 is 19.1 Å². The fourth-order valence-corrected chi connectivity index (χ4v) is 8.25. The molecule has 9 heteroatoms. The van der Waals surface area contributed by atoms with Crippen LogP contribution < -0.4 is 10.6 Å². The Labute approximate surface area is 240 Å². The summed E-state index contributed by atoms with van der Waals surface area (Å²) in [4.78, 5) is 44.3. The molecule has 6 rings (SSSR count). The van der Waals surface area contributed by atoms with E-state index in [0.717, 1.165) is 51.4 Å². The zero-order chi connectivity index (χ0) is 27.5. The maximum atomic E-state index is 14.4. The van der Waals surface area contributed by atoms with E-state index < -0.39 is 29.1 Å². The Kier molecular flexibility index (Phi) is 7.00. The maximum absolute atomic E-state index is 14.4. The van der Waals surface area contributed by atoms with E-state index >= 15 is 0 Å². The number of ether oxygens (including phenoxy) is 1. The molecule has 1 aromatic rings. The first-order valence-electron chi connectivity index (χ1n) is 14.4. The average molecular weight is 575 g/mol. The van der Waals surface area contributed by atoms with Crippen molar-refractivity contribution >= 4 is 46.6 Å². The number of halogens is 2. The number of likely N-dealkylation sites (tertiary alicyclic amines) is 1. The van der Waals surface area contributed by atoms with Crippen LogP contribution in [0.5, 0.6) is 0 Å². The predicted molar refractivity (Wildman–Crippen MR) is 151 cm³/mol. The maximum Gasteiger partial charge on any atom is 0.246 e. The fourth-order valence-electron chi connectivity index (χ4n) is 7.96. The number of rotatable bonds is 5. The molecule has 2 bridgehead atoms. The second-order valence-electron chi connectivity index (χ2n) is 12.4. The van der Waals surface area contributed by atoms with Crippen LogP contribution in [0.4, 0.5) is 5.69 Å². The molecule has 1 spiro atoms. The van der Waals surface area contributed by atoms with Crippen LogP contribution in [0.2, 0.25) is 10.0 Å². The van der Waals surface area contributed by atoms with Gasteiger partial charge in [0.1, 0.15) is 11.6 Å². The Morgan fingerprint density at radius 3 is 2.41 bits per heavy atom. The predicted octanol–water partition coefficient (Wildman–Crippen LogP) is 5.50. The van der Waals surface area contributed by atoms with Gasteiger partial charge < -0.3 is 20.3 Å². The lowest BCUT2D eigenvalue weighted by Crippen LogP contribution is -2.59. The lowest BCUT2D eigenvalue weighted by molar-refractivity contribution is -0.149. The number of carbonyl (C=O) groups excluding carboxylic acids is 3. The van der Waals surface area contributed by atoms with Crippen LogP contribution in [0, 0.1) is 17.8 Å². The van der Waals surface area contributed by atoms with E-state index in [2.05, 4.69) is 17.6 Å². The molecule has 0 radical (unpaired) electrons. The lowest BCUT2D eigenvalue weighted by Gasteiger charge is -2.42. The number of hydrogen-bond acceptors (Lipinski definition) is 4. The molecular weight excluding hydrogens is 537 g/mol. The smallest absolute Gasteiger partial charge is 0.246 e. The first-order chi connectivity index (χ1) is 18.6. The summed E-state index contributed by atoms with van der Waals surface area (Å²) in [5.41, 5.74) is -1.69. The summed E-state index contributed by atoms with van der Waals surface area (Å²) in [5, 5.41) is 6.95. The quantitative estimate of drug-likeness (QED) is 0.455. The molecule has 5 aliphatic rings. The van der Waals surface area contributed by atoms with Gasteiger partial charge in [0.2, 0.25) is 17.7 Å². The topological polar surface area (TPSA) is 87.7 Å². The summed E-state index contributed by atoms with van der Waals surface area (Å²) in [6.45, 7) is 4.01. The van der Waals surface area contributed by atoms with Crippen LogP contribution in [0.3, 0.4) is 0 Å². The van der Waals surface area contributed by atoms with Gasteiger partial charge in [-0.15, -0.1) is 0 Å². The molecule has 3 heterocycles. The third-order valence-corrected chi connectivity index (χ3v) is 10.6. The second-order valence-corrected chi connectivity index (χ2v) is 13.2. The van der Waals surface area contributed by atoms with Gasteiger partial charge in [0, 0.05) is 17.8 Å². The average Bonchev–Trinajstić information content (AvgIpc) is 3.48. The number of carbonyl (C=O) groups is 3. The second kappa shape index (κ2) is 10.1. The Morgan fingerprint density at radius 2 is 1.69 bits per heavy atom. The number of nitrogens with one attached hydrogen (secondary N) is 2. The van der Waals surface area contributed by atoms with Crippen LogP contribution in [-0.4, -0.2) is 51.9 Å². The minimum absolute atomic E-state index is 0.0593. The minimum atomic E-state index is -1.18. The number of nitrogens with zero attached hydrogens (tertiary/aromatic N) is 1. The van der Waals surface area contributed by atoms with Gasteiger partial charge in [-0.05, 0) is 56.7 Å². The van der Waals surface area contributed by atoms with Gasteiger partial charge in [0.05, 0.1) is 27.5 Å². The van der Waals surface area contributed by atoms with Crippen molar-refractivity contribution in [3.63, 3.8) is 0 Å². The van der Waals surface area contributed by atoms with Crippen LogP contribution in [0.1, 0.15) is 71.6 Å². The number of hydrogen-bond donors (Lipinski definition) is 2. The molecule has 3 aliphatic heterocycles. The van der Waals surface area contributed by atoms with Crippen molar-refractivity contribution in [1.29, 1.82) is 0 Å². The standard InChI is InChI=1S/C30H37Cl2N3O4/c1-17-8-6-7-11-22(17)35-25(27(37)33-18-9-4-3-5-10-18)30-15-14-29(2,39-30)23(24(30)28(35)38)26(36)34-19-12-13-20(31)21(32)16-19/h12-18,22-25H,3-11H2,1-2H3,(H,33,37)(H,34,36)/t17-,22+,23-,24+,25-,29+,30+/m1/s1. The molecule has 39 heavy (non-hydrogen) atoms. The molecule has 4 fully saturated rings. The summed E-state index contributed by atoms with van der Waals surface area (Å²) in [6, 6.07) is 4.14. The van der Waals surface area contributed by atoms with Crippen LogP contribution in [-0.2, 0) is 19.1 Å². The Morgan fingerprint density at radius 1 is 0.974 bits per heavy atom. The third-order valence-electron chi connectivity index (χ3n) is 9.83. The minimum Gasteiger partial charge on any atom is -0.356 e. The largest absolute Gasteiger partial charge is 0.356 e. The van der Waals surface area contributed by atoms with E-state index in [1.165, 1.54) is 6.42 Å². The van der Waals surface area contributed by atoms with Crippen molar-refractivity contribution in [3.05, 3.63) is 40.4 Å².